The molecule has 1 rings (SSSR count). The molecule has 0 fully saturated rings. The minimum absolute atomic E-state index is 0.0716. The van der Waals surface area contributed by atoms with E-state index in [1.165, 1.54) is 12.1 Å². The highest BCUT2D eigenvalue weighted by molar-refractivity contribution is 5.68. The van der Waals surface area contributed by atoms with Gasteiger partial charge in [0, 0.05) is 19.1 Å². The topological polar surface area (TPSA) is 41.6 Å². The van der Waals surface area contributed by atoms with Crippen molar-refractivity contribution in [1.29, 1.82) is 0 Å². The van der Waals surface area contributed by atoms with Gasteiger partial charge >= 0.3 is 6.09 Å². The minimum atomic E-state index is -0.478. The van der Waals surface area contributed by atoms with Crippen LogP contribution in [0.25, 0.3) is 0 Å². The Balaban J connectivity index is 2.36. The highest BCUT2D eigenvalue weighted by atomic mass is 19.1. The smallest absolute Gasteiger partial charge is 0.410 e. The van der Waals surface area contributed by atoms with Crippen molar-refractivity contribution in [1.82, 2.24) is 10.2 Å². The third-order valence-corrected chi connectivity index (χ3v) is 3.44. The van der Waals surface area contributed by atoms with Crippen LogP contribution in [0.2, 0.25) is 0 Å². The Morgan fingerprint density at radius 1 is 1.39 bits per heavy atom. The average Bonchev–Trinajstić information content (AvgIpc) is 2.45. The molecule has 0 saturated heterocycles. The van der Waals surface area contributed by atoms with E-state index < -0.39 is 5.60 Å². The van der Waals surface area contributed by atoms with Crippen molar-refractivity contribution >= 4 is 6.09 Å². The highest BCUT2D eigenvalue weighted by Gasteiger charge is 2.20. The maximum absolute atomic E-state index is 13.2. The fraction of sp³-hybridized carbons (Fsp3) is 0.611. The summed E-state index contributed by atoms with van der Waals surface area (Å²) < 4.78 is 18.6. The van der Waals surface area contributed by atoms with Crippen LogP contribution in [0.4, 0.5) is 9.18 Å². The van der Waals surface area contributed by atoms with Gasteiger partial charge in [-0.2, -0.15) is 0 Å². The van der Waals surface area contributed by atoms with Crippen molar-refractivity contribution in [3.8, 4) is 0 Å². The highest BCUT2D eigenvalue weighted by Crippen LogP contribution is 2.13. The largest absolute Gasteiger partial charge is 0.444 e. The van der Waals surface area contributed by atoms with Crippen LogP contribution in [-0.4, -0.2) is 36.2 Å². The zero-order chi connectivity index (χ0) is 17.5. The van der Waals surface area contributed by atoms with Crippen LogP contribution in [-0.2, 0) is 4.74 Å². The number of carbonyl (C=O) groups is 1. The summed E-state index contributed by atoms with van der Waals surface area (Å²) in [5.74, 6) is -0.224. The summed E-state index contributed by atoms with van der Waals surface area (Å²) in [4.78, 5) is 13.7. The molecule has 1 N–H and O–H groups in total. The summed E-state index contributed by atoms with van der Waals surface area (Å²) in [7, 11) is 0. The first-order valence-electron chi connectivity index (χ1n) is 8.19. The Bertz CT molecular complexity index is 500. The Hall–Kier alpha value is -1.62. The second kappa shape index (κ2) is 8.87. The molecule has 130 valence electrons. The number of halogens is 1. The summed E-state index contributed by atoms with van der Waals surface area (Å²) >= 11 is 0. The van der Waals surface area contributed by atoms with E-state index in [1.807, 2.05) is 40.7 Å². The molecule has 4 nitrogen and oxygen atoms in total. The fourth-order valence-corrected chi connectivity index (χ4v) is 2.19. The summed E-state index contributed by atoms with van der Waals surface area (Å²) in [6.07, 6.45) is 0.533. The van der Waals surface area contributed by atoms with Gasteiger partial charge < -0.3 is 15.0 Å². The van der Waals surface area contributed by atoms with Crippen molar-refractivity contribution in [2.75, 3.05) is 19.6 Å². The number of nitrogens with zero attached hydrogens (tertiary/aromatic N) is 1. The molecule has 1 amide bonds. The Morgan fingerprint density at radius 3 is 2.65 bits per heavy atom. The monoisotopic (exact) mass is 324 g/mol. The number of amides is 1. The van der Waals surface area contributed by atoms with Crippen molar-refractivity contribution < 1.29 is 13.9 Å². The van der Waals surface area contributed by atoms with Gasteiger partial charge in [0.25, 0.3) is 0 Å². The first kappa shape index (κ1) is 19.4. The van der Waals surface area contributed by atoms with Crippen molar-refractivity contribution in [3.63, 3.8) is 0 Å². The van der Waals surface area contributed by atoms with Crippen LogP contribution in [0.5, 0.6) is 0 Å². The molecular formula is C18H29FN2O2. The molecule has 5 heteroatoms. The molecule has 1 unspecified atom stereocenters. The quantitative estimate of drug-likeness (QED) is 0.767. The van der Waals surface area contributed by atoms with Gasteiger partial charge in [-0.1, -0.05) is 12.1 Å². The van der Waals surface area contributed by atoms with E-state index in [1.54, 1.807) is 11.0 Å². The number of rotatable bonds is 7. The third-order valence-electron chi connectivity index (χ3n) is 3.44. The zero-order valence-electron chi connectivity index (χ0n) is 14.9. The van der Waals surface area contributed by atoms with E-state index in [4.69, 9.17) is 4.74 Å². The van der Waals surface area contributed by atoms with Gasteiger partial charge in [-0.15, -0.1) is 0 Å². The van der Waals surface area contributed by atoms with Crippen LogP contribution in [0.15, 0.2) is 24.3 Å². The van der Waals surface area contributed by atoms with E-state index in [0.29, 0.717) is 13.1 Å². The molecule has 1 atom stereocenters. The van der Waals surface area contributed by atoms with Crippen LogP contribution in [0, 0.1) is 5.82 Å². The predicted octanol–water partition coefficient (Wildman–Crippen LogP) is 4.12. The fourth-order valence-electron chi connectivity index (χ4n) is 2.19. The maximum Gasteiger partial charge on any atom is 0.410 e. The summed E-state index contributed by atoms with van der Waals surface area (Å²) in [6, 6.07) is 6.67. The number of nitrogens with one attached hydrogen (secondary N) is 1. The van der Waals surface area contributed by atoms with Gasteiger partial charge in [-0.25, -0.2) is 9.18 Å². The number of carbonyl (C=O) groups excluding carboxylic acids is 1. The number of hydrogen-bond donors (Lipinski definition) is 1. The number of benzene rings is 1. The predicted molar refractivity (Wildman–Crippen MR) is 90.9 cm³/mol. The normalized spacial score (nSPS) is 12.8. The lowest BCUT2D eigenvalue weighted by molar-refractivity contribution is 0.0258. The van der Waals surface area contributed by atoms with Gasteiger partial charge in [0.2, 0.25) is 0 Å². The number of ether oxygens (including phenoxy) is 1. The Labute approximate surface area is 139 Å². The lowest BCUT2D eigenvalue weighted by atomic mass is 10.1. The van der Waals surface area contributed by atoms with E-state index >= 15 is 0 Å². The van der Waals surface area contributed by atoms with Crippen LogP contribution in [0.1, 0.15) is 52.6 Å². The first-order chi connectivity index (χ1) is 10.7. The van der Waals surface area contributed by atoms with Gasteiger partial charge in [0.1, 0.15) is 11.4 Å². The molecule has 1 aromatic rings. The zero-order valence-corrected chi connectivity index (χ0v) is 14.9. The van der Waals surface area contributed by atoms with Crippen LogP contribution >= 0.6 is 0 Å². The maximum atomic E-state index is 13.2. The SMILES string of the molecule is CCN(CCCNC(C)c1cccc(F)c1)C(=O)OC(C)(C)C. The molecule has 0 aliphatic rings. The van der Waals surface area contributed by atoms with Crippen molar-refractivity contribution in [2.24, 2.45) is 0 Å². The van der Waals surface area contributed by atoms with Crippen LogP contribution < -0.4 is 5.32 Å². The average molecular weight is 324 g/mol. The summed E-state index contributed by atoms with van der Waals surface area (Å²) in [5.41, 5.74) is 0.443. The molecule has 0 spiro atoms. The standard InChI is InChI=1S/C18H29FN2O2/c1-6-21(17(22)23-18(3,4)5)12-8-11-20-14(2)15-9-7-10-16(19)13-15/h7,9-10,13-14,20H,6,8,11-12H2,1-5H3. The second-order valence-electron chi connectivity index (χ2n) is 6.64. The van der Waals surface area contributed by atoms with E-state index in [2.05, 4.69) is 5.32 Å². The van der Waals surface area contributed by atoms with Crippen LogP contribution in [0.3, 0.4) is 0 Å². The van der Waals surface area contributed by atoms with Crippen molar-refractivity contribution in [3.05, 3.63) is 35.6 Å². The lowest BCUT2D eigenvalue weighted by Crippen LogP contribution is -2.38. The first-order valence-corrected chi connectivity index (χ1v) is 8.19. The molecule has 0 aromatic heterocycles. The summed E-state index contributed by atoms with van der Waals surface area (Å²) in [5, 5.41) is 3.35. The van der Waals surface area contributed by atoms with E-state index in [9.17, 15) is 9.18 Å². The molecule has 1 aromatic carbocycles. The van der Waals surface area contributed by atoms with Gasteiger partial charge in [0.05, 0.1) is 0 Å². The summed E-state index contributed by atoms with van der Waals surface area (Å²) in [6.45, 7) is 11.5. The van der Waals surface area contributed by atoms with Gasteiger partial charge in [-0.3, -0.25) is 0 Å². The molecule has 0 aliphatic heterocycles. The molecule has 0 aliphatic carbocycles. The lowest BCUT2D eigenvalue weighted by Gasteiger charge is -2.26. The molecule has 0 saturated carbocycles. The van der Waals surface area contributed by atoms with Gasteiger partial charge in [-0.05, 0) is 65.3 Å². The third kappa shape index (κ3) is 7.46. The second-order valence-corrected chi connectivity index (χ2v) is 6.64. The molecular weight excluding hydrogens is 295 g/mol. The number of hydrogen-bond acceptors (Lipinski definition) is 3. The molecule has 0 heterocycles. The molecule has 0 bridgehead atoms. The molecule has 23 heavy (non-hydrogen) atoms. The van der Waals surface area contributed by atoms with E-state index in [0.717, 1.165) is 18.5 Å². The Kier molecular flexibility index (Phi) is 7.49. The minimum Gasteiger partial charge on any atom is -0.444 e. The van der Waals surface area contributed by atoms with Gasteiger partial charge in [0.15, 0.2) is 0 Å². The Morgan fingerprint density at radius 2 is 2.09 bits per heavy atom. The molecule has 0 radical (unpaired) electrons. The van der Waals surface area contributed by atoms with Crippen molar-refractivity contribution in [2.45, 2.75) is 52.7 Å². The van der Waals surface area contributed by atoms with E-state index in [-0.39, 0.29) is 18.0 Å².